The number of aromatic amines is 1. The lowest BCUT2D eigenvalue weighted by Gasteiger charge is -2.19. The van der Waals surface area contributed by atoms with E-state index in [-0.39, 0.29) is 0 Å². The average molecular weight is 288 g/mol. The third-order valence-electron chi connectivity index (χ3n) is 2.77. The standard InChI is InChI=1S/C15H20N4O2/c1-15(2,3)21-14(20)16-9-8-11-6-4-5-7-12(11)13-10-17-19-18-13/h4-7,10H,8-9H2,1-3H3,(H,16,20)(H,17,18,19). The van der Waals surface area contributed by atoms with Crippen LogP contribution < -0.4 is 5.32 Å². The van der Waals surface area contributed by atoms with Crippen molar-refractivity contribution < 1.29 is 9.53 Å². The van der Waals surface area contributed by atoms with Crippen molar-refractivity contribution in [2.45, 2.75) is 32.8 Å². The Kier molecular flexibility index (Phi) is 4.57. The Morgan fingerprint density at radius 2 is 2.10 bits per heavy atom. The first-order chi connectivity index (χ1) is 9.96. The van der Waals surface area contributed by atoms with Gasteiger partial charge in [0.05, 0.1) is 6.20 Å². The van der Waals surface area contributed by atoms with E-state index in [4.69, 9.17) is 4.74 Å². The van der Waals surface area contributed by atoms with Crippen LogP contribution in [0.3, 0.4) is 0 Å². The number of hydrogen-bond donors (Lipinski definition) is 2. The minimum atomic E-state index is -0.483. The van der Waals surface area contributed by atoms with Crippen LogP contribution in [0.25, 0.3) is 11.3 Å². The van der Waals surface area contributed by atoms with E-state index in [2.05, 4.69) is 20.7 Å². The van der Waals surface area contributed by atoms with Crippen molar-refractivity contribution in [3.63, 3.8) is 0 Å². The van der Waals surface area contributed by atoms with Gasteiger partial charge in [0.1, 0.15) is 11.3 Å². The Hall–Kier alpha value is -2.37. The number of rotatable bonds is 4. The van der Waals surface area contributed by atoms with E-state index in [1.165, 1.54) is 0 Å². The number of nitrogens with zero attached hydrogens (tertiary/aromatic N) is 2. The van der Waals surface area contributed by atoms with Gasteiger partial charge in [-0.1, -0.05) is 24.3 Å². The monoisotopic (exact) mass is 288 g/mol. The van der Waals surface area contributed by atoms with Crippen molar-refractivity contribution >= 4 is 6.09 Å². The number of aromatic nitrogens is 3. The van der Waals surface area contributed by atoms with Crippen molar-refractivity contribution in [1.29, 1.82) is 0 Å². The first-order valence-electron chi connectivity index (χ1n) is 6.86. The first-order valence-corrected chi connectivity index (χ1v) is 6.86. The number of amides is 1. The maximum atomic E-state index is 11.6. The summed E-state index contributed by atoms with van der Waals surface area (Å²) in [5, 5.41) is 13.3. The second kappa shape index (κ2) is 6.39. The molecule has 0 saturated carbocycles. The van der Waals surface area contributed by atoms with E-state index in [1.807, 2.05) is 45.0 Å². The van der Waals surface area contributed by atoms with Crippen LogP contribution in [0.1, 0.15) is 26.3 Å². The summed E-state index contributed by atoms with van der Waals surface area (Å²) in [6.45, 7) is 6.02. The lowest BCUT2D eigenvalue weighted by atomic mass is 10.0. The van der Waals surface area contributed by atoms with Crippen LogP contribution in [0.2, 0.25) is 0 Å². The van der Waals surface area contributed by atoms with Gasteiger partial charge in [-0.25, -0.2) is 4.79 Å². The maximum absolute atomic E-state index is 11.6. The molecule has 0 fully saturated rings. The third kappa shape index (κ3) is 4.59. The molecule has 2 rings (SSSR count). The van der Waals surface area contributed by atoms with Crippen molar-refractivity contribution in [2.75, 3.05) is 6.54 Å². The molecule has 6 nitrogen and oxygen atoms in total. The first kappa shape index (κ1) is 15.0. The molecule has 1 aromatic heterocycles. The minimum absolute atomic E-state index is 0.401. The van der Waals surface area contributed by atoms with Crippen LogP contribution in [0.5, 0.6) is 0 Å². The molecule has 0 bridgehead atoms. The maximum Gasteiger partial charge on any atom is 0.407 e. The second-order valence-corrected chi connectivity index (χ2v) is 5.69. The summed E-state index contributed by atoms with van der Waals surface area (Å²) in [5.74, 6) is 0. The van der Waals surface area contributed by atoms with Gasteiger partial charge in [-0.3, -0.25) is 0 Å². The van der Waals surface area contributed by atoms with Crippen LogP contribution in [0.15, 0.2) is 30.5 Å². The molecule has 2 N–H and O–H groups in total. The Morgan fingerprint density at radius 1 is 1.33 bits per heavy atom. The lowest BCUT2D eigenvalue weighted by Crippen LogP contribution is -2.33. The van der Waals surface area contributed by atoms with Crippen molar-refractivity contribution in [1.82, 2.24) is 20.7 Å². The molecule has 0 unspecified atom stereocenters. The molecule has 1 heterocycles. The van der Waals surface area contributed by atoms with Crippen LogP contribution in [0, 0.1) is 0 Å². The SMILES string of the molecule is CC(C)(C)OC(=O)NCCc1ccccc1-c1cn[nH]n1. The normalized spacial score (nSPS) is 11.2. The van der Waals surface area contributed by atoms with Gasteiger partial charge in [-0.2, -0.15) is 15.4 Å². The summed E-state index contributed by atoms with van der Waals surface area (Å²) in [7, 11) is 0. The summed E-state index contributed by atoms with van der Waals surface area (Å²) >= 11 is 0. The topological polar surface area (TPSA) is 79.9 Å². The molecule has 0 aliphatic carbocycles. The number of carbonyl (C=O) groups is 1. The summed E-state index contributed by atoms with van der Waals surface area (Å²) in [6.07, 6.45) is 1.98. The molecule has 6 heteroatoms. The number of nitrogens with one attached hydrogen (secondary N) is 2. The van der Waals surface area contributed by atoms with Crippen LogP contribution >= 0.6 is 0 Å². The van der Waals surface area contributed by atoms with Crippen molar-refractivity contribution in [2.24, 2.45) is 0 Å². The number of H-pyrrole nitrogens is 1. The average Bonchev–Trinajstić information content (AvgIpc) is 2.91. The smallest absolute Gasteiger partial charge is 0.407 e. The van der Waals surface area contributed by atoms with E-state index < -0.39 is 11.7 Å². The molecule has 1 amide bonds. The van der Waals surface area contributed by atoms with Gasteiger partial charge in [-0.15, -0.1) is 0 Å². The minimum Gasteiger partial charge on any atom is -0.444 e. The highest BCUT2D eigenvalue weighted by Crippen LogP contribution is 2.20. The summed E-state index contributed by atoms with van der Waals surface area (Å²) < 4.78 is 5.20. The Balaban J connectivity index is 1.94. The van der Waals surface area contributed by atoms with Crippen molar-refractivity contribution in [3.8, 4) is 11.3 Å². The van der Waals surface area contributed by atoms with Gasteiger partial charge in [0.2, 0.25) is 0 Å². The molecule has 0 aliphatic heterocycles. The van der Waals surface area contributed by atoms with Crippen LogP contribution in [-0.2, 0) is 11.2 Å². The van der Waals surface area contributed by atoms with E-state index in [0.717, 1.165) is 16.8 Å². The second-order valence-electron chi connectivity index (χ2n) is 5.69. The highest BCUT2D eigenvalue weighted by atomic mass is 16.6. The number of alkyl carbamates (subject to hydrolysis) is 1. The predicted octanol–water partition coefficient (Wildman–Crippen LogP) is 2.54. The van der Waals surface area contributed by atoms with Gasteiger partial charge < -0.3 is 10.1 Å². The Bertz CT molecular complexity index is 588. The van der Waals surface area contributed by atoms with Gasteiger partial charge >= 0.3 is 6.09 Å². The fraction of sp³-hybridized carbons (Fsp3) is 0.400. The molecular weight excluding hydrogens is 268 g/mol. The fourth-order valence-electron chi connectivity index (χ4n) is 1.93. The highest BCUT2D eigenvalue weighted by Gasteiger charge is 2.15. The van der Waals surface area contributed by atoms with Crippen molar-refractivity contribution in [3.05, 3.63) is 36.0 Å². The van der Waals surface area contributed by atoms with E-state index in [0.29, 0.717) is 13.0 Å². The lowest BCUT2D eigenvalue weighted by molar-refractivity contribution is 0.0528. The molecular formula is C15H20N4O2. The van der Waals surface area contributed by atoms with Gasteiger partial charge in [0, 0.05) is 12.1 Å². The third-order valence-corrected chi connectivity index (χ3v) is 2.77. The van der Waals surface area contributed by atoms with Gasteiger partial charge in [0.25, 0.3) is 0 Å². The zero-order chi connectivity index (χ0) is 15.3. The van der Waals surface area contributed by atoms with E-state index >= 15 is 0 Å². The Morgan fingerprint density at radius 3 is 2.76 bits per heavy atom. The molecule has 1 aromatic carbocycles. The zero-order valence-electron chi connectivity index (χ0n) is 12.5. The summed E-state index contributed by atoms with van der Waals surface area (Å²) in [6, 6.07) is 7.92. The zero-order valence-corrected chi connectivity index (χ0v) is 12.5. The van der Waals surface area contributed by atoms with Gasteiger partial charge in [0.15, 0.2) is 0 Å². The van der Waals surface area contributed by atoms with Gasteiger partial charge in [-0.05, 0) is 32.8 Å². The quantitative estimate of drug-likeness (QED) is 0.906. The molecule has 21 heavy (non-hydrogen) atoms. The summed E-state index contributed by atoms with van der Waals surface area (Å²) in [5.41, 5.74) is 2.42. The van der Waals surface area contributed by atoms with E-state index in [9.17, 15) is 4.79 Å². The van der Waals surface area contributed by atoms with E-state index in [1.54, 1.807) is 6.20 Å². The molecule has 0 radical (unpaired) electrons. The molecule has 2 aromatic rings. The number of carbonyl (C=O) groups excluding carboxylic acids is 1. The van der Waals surface area contributed by atoms with Crippen LogP contribution in [0.4, 0.5) is 4.79 Å². The molecule has 0 spiro atoms. The molecule has 0 aliphatic rings. The molecule has 112 valence electrons. The Labute approximate surface area is 123 Å². The molecule has 0 atom stereocenters. The number of hydrogen-bond acceptors (Lipinski definition) is 4. The van der Waals surface area contributed by atoms with Crippen LogP contribution in [-0.4, -0.2) is 33.6 Å². The highest BCUT2D eigenvalue weighted by molar-refractivity contribution is 5.68. The molecule has 0 saturated heterocycles. The number of benzene rings is 1. The fourth-order valence-corrected chi connectivity index (χ4v) is 1.93. The summed E-state index contributed by atoms with van der Waals surface area (Å²) in [4.78, 5) is 11.6. The predicted molar refractivity (Wildman–Crippen MR) is 79.8 cm³/mol. The number of ether oxygens (including phenoxy) is 1. The largest absolute Gasteiger partial charge is 0.444 e.